The van der Waals surface area contributed by atoms with E-state index in [-0.39, 0.29) is 16.0 Å². The lowest BCUT2D eigenvalue weighted by Crippen LogP contribution is -1.96. The first-order valence-corrected chi connectivity index (χ1v) is 8.17. The van der Waals surface area contributed by atoms with E-state index >= 15 is 0 Å². The number of phenolic OH excluding ortho intramolecular Hbond substituents is 2. The molecule has 1 heterocycles. The molecule has 2 rings (SSSR count). The Morgan fingerprint density at radius 3 is 2.65 bits per heavy atom. The van der Waals surface area contributed by atoms with Crippen molar-refractivity contribution >= 4 is 49.8 Å². The van der Waals surface area contributed by atoms with E-state index in [9.17, 15) is 10.2 Å². The summed E-state index contributed by atoms with van der Waals surface area (Å²) in [5, 5.41) is 32.4. The second kappa shape index (κ2) is 6.15. The van der Waals surface area contributed by atoms with Gasteiger partial charge in [-0.15, -0.1) is 10.2 Å². The summed E-state index contributed by atoms with van der Waals surface area (Å²) in [4.78, 5) is 0. The van der Waals surface area contributed by atoms with Gasteiger partial charge in [-0.1, -0.05) is 11.8 Å². The number of aryl methyl sites for hydroxylation is 1. The van der Waals surface area contributed by atoms with Gasteiger partial charge in [0.15, 0.2) is 5.82 Å². The molecule has 106 valence electrons. The number of aromatic nitrogens is 3. The van der Waals surface area contributed by atoms with Gasteiger partial charge in [0.2, 0.25) is 5.16 Å². The maximum atomic E-state index is 9.96. The number of aromatic hydroxyl groups is 2. The molecule has 0 aliphatic rings. The van der Waals surface area contributed by atoms with Gasteiger partial charge >= 0.3 is 0 Å². The zero-order valence-corrected chi connectivity index (χ0v) is 14.5. The van der Waals surface area contributed by atoms with Gasteiger partial charge in [0.25, 0.3) is 0 Å². The minimum absolute atomic E-state index is 0.0649. The number of phenols is 2. The third-order valence-corrected chi connectivity index (χ3v) is 4.44. The second-order valence-corrected chi connectivity index (χ2v) is 6.17. The summed E-state index contributed by atoms with van der Waals surface area (Å²) < 4.78 is 2.23. The fraction of sp³-hybridized carbons (Fsp3) is 0.182. The standard InChI is InChI=1S/C11H10Br2N4O2S/c1-5-15-16-11(20-2)17(5)14-4-6-3-7(12)10(19)8(13)9(6)18/h3-4,18-19H,1-2H3/b14-4-. The normalized spacial score (nSPS) is 11.4. The van der Waals surface area contributed by atoms with Gasteiger partial charge in [-0.05, 0) is 51.1 Å². The molecule has 0 fully saturated rings. The van der Waals surface area contributed by atoms with Crippen LogP contribution in [0.25, 0.3) is 0 Å². The molecule has 0 radical (unpaired) electrons. The minimum Gasteiger partial charge on any atom is -0.506 e. The Hall–Kier alpha value is -1.06. The zero-order chi connectivity index (χ0) is 14.9. The van der Waals surface area contributed by atoms with Crippen molar-refractivity contribution in [2.24, 2.45) is 5.10 Å². The minimum atomic E-state index is -0.0918. The van der Waals surface area contributed by atoms with Crippen molar-refractivity contribution in [2.45, 2.75) is 12.1 Å². The maximum absolute atomic E-state index is 9.96. The number of hydrogen-bond donors (Lipinski definition) is 2. The molecule has 9 heteroatoms. The van der Waals surface area contributed by atoms with Crippen LogP contribution < -0.4 is 0 Å². The first-order chi connectivity index (χ1) is 9.45. The van der Waals surface area contributed by atoms with Crippen LogP contribution in [0.3, 0.4) is 0 Å². The predicted octanol–water partition coefficient (Wildman–Crippen LogP) is 3.13. The Labute approximate surface area is 136 Å². The smallest absolute Gasteiger partial charge is 0.211 e. The highest BCUT2D eigenvalue weighted by Crippen LogP contribution is 2.40. The van der Waals surface area contributed by atoms with Gasteiger partial charge in [0, 0.05) is 5.56 Å². The van der Waals surface area contributed by atoms with Gasteiger partial charge in [0.05, 0.1) is 10.7 Å². The summed E-state index contributed by atoms with van der Waals surface area (Å²) in [6.45, 7) is 1.78. The Morgan fingerprint density at radius 2 is 2.00 bits per heavy atom. The summed E-state index contributed by atoms with van der Waals surface area (Å²) in [6.07, 6.45) is 3.35. The van der Waals surface area contributed by atoms with E-state index in [1.54, 1.807) is 17.7 Å². The molecule has 0 bridgehead atoms. The predicted molar refractivity (Wildman–Crippen MR) is 84.7 cm³/mol. The van der Waals surface area contributed by atoms with Crippen LogP contribution in [-0.2, 0) is 0 Å². The molecule has 2 N–H and O–H groups in total. The molecule has 0 aliphatic heterocycles. The van der Waals surface area contributed by atoms with Crippen molar-refractivity contribution in [2.75, 3.05) is 6.26 Å². The number of nitrogens with zero attached hydrogens (tertiary/aromatic N) is 4. The van der Waals surface area contributed by atoms with Crippen molar-refractivity contribution in [1.82, 2.24) is 14.9 Å². The summed E-state index contributed by atoms with van der Waals surface area (Å²) >= 11 is 7.74. The summed E-state index contributed by atoms with van der Waals surface area (Å²) in [7, 11) is 0. The lowest BCUT2D eigenvalue weighted by Gasteiger charge is -2.06. The molecule has 2 aromatic rings. The Balaban J connectivity index is 2.44. The third kappa shape index (κ3) is 2.84. The SMILES string of the molecule is CSc1nnc(C)n1/N=C\c1cc(Br)c(O)c(Br)c1O. The summed E-state index contributed by atoms with van der Waals surface area (Å²) in [6, 6.07) is 1.57. The molecule has 6 nitrogen and oxygen atoms in total. The molecule has 1 aromatic heterocycles. The fourth-order valence-corrected chi connectivity index (χ4v) is 3.06. The van der Waals surface area contributed by atoms with E-state index in [0.717, 1.165) is 0 Å². The van der Waals surface area contributed by atoms with E-state index in [1.165, 1.54) is 18.0 Å². The number of rotatable bonds is 3. The zero-order valence-electron chi connectivity index (χ0n) is 10.5. The van der Waals surface area contributed by atoms with Gasteiger partial charge in [0.1, 0.15) is 16.0 Å². The average Bonchev–Trinajstić information content (AvgIpc) is 2.79. The molecule has 0 saturated carbocycles. The molecular weight excluding hydrogens is 412 g/mol. The van der Waals surface area contributed by atoms with Gasteiger partial charge < -0.3 is 10.2 Å². The molecule has 0 unspecified atom stereocenters. The first kappa shape index (κ1) is 15.3. The number of thioether (sulfide) groups is 1. The molecule has 0 spiro atoms. The Kier molecular flexibility index (Phi) is 4.71. The molecule has 0 amide bonds. The molecule has 0 atom stereocenters. The summed E-state index contributed by atoms with van der Waals surface area (Å²) in [5.74, 6) is 0.484. The van der Waals surface area contributed by atoms with Gasteiger partial charge in [-0.25, -0.2) is 0 Å². The number of halogens is 2. The monoisotopic (exact) mass is 420 g/mol. The van der Waals surface area contributed by atoms with E-state index < -0.39 is 0 Å². The molecule has 1 aromatic carbocycles. The Bertz CT molecular complexity index is 688. The van der Waals surface area contributed by atoms with E-state index in [2.05, 4.69) is 47.2 Å². The van der Waals surface area contributed by atoms with Crippen LogP contribution in [0.1, 0.15) is 11.4 Å². The third-order valence-electron chi connectivity index (χ3n) is 2.46. The molecule has 0 aliphatic carbocycles. The van der Waals surface area contributed by atoms with Gasteiger partial charge in [-0.2, -0.15) is 9.78 Å². The van der Waals surface area contributed by atoms with Crippen molar-refractivity contribution in [3.63, 3.8) is 0 Å². The highest BCUT2D eigenvalue weighted by molar-refractivity contribution is 9.11. The van der Waals surface area contributed by atoms with Crippen LogP contribution in [0.4, 0.5) is 0 Å². The van der Waals surface area contributed by atoms with Crippen LogP contribution >= 0.6 is 43.6 Å². The quantitative estimate of drug-likeness (QED) is 0.587. The molecule has 0 saturated heterocycles. The van der Waals surface area contributed by atoms with Crippen LogP contribution in [0.15, 0.2) is 25.3 Å². The van der Waals surface area contributed by atoms with Gasteiger partial charge in [-0.3, -0.25) is 0 Å². The van der Waals surface area contributed by atoms with Crippen LogP contribution in [0.5, 0.6) is 11.5 Å². The fourth-order valence-electron chi connectivity index (χ4n) is 1.43. The van der Waals surface area contributed by atoms with Crippen molar-refractivity contribution in [3.05, 3.63) is 26.4 Å². The highest BCUT2D eigenvalue weighted by Gasteiger charge is 2.13. The number of hydrogen-bond acceptors (Lipinski definition) is 6. The molecule has 20 heavy (non-hydrogen) atoms. The van der Waals surface area contributed by atoms with Crippen molar-refractivity contribution < 1.29 is 10.2 Å². The lowest BCUT2D eigenvalue weighted by molar-refractivity contribution is 0.441. The van der Waals surface area contributed by atoms with E-state index in [4.69, 9.17) is 0 Å². The largest absolute Gasteiger partial charge is 0.506 e. The van der Waals surface area contributed by atoms with Crippen LogP contribution in [0.2, 0.25) is 0 Å². The van der Waals surface area contributed by atoms with Crippen molar-refractivity contribution in [1.29, 1.82) is 0 Å². The van der Waals surface area contributed by atoms with Crippen LogP contribution in [0, 0.1) is 6.92 Å². The second-order valence-electron chi connectivity index (χ2n) is 3.75. The first-order valence-electron chi connectivity index (χ1n) is 5.36. The van der Waals surface area contributed by atoms with Crippen LogP contribution in [-0.4, -0.2) is 37.6 Å². The highest BCUT2D eigenvalue weighted by atomic mass is 79.9. The summed E-state index contributed by atoms with van der Waals surface area (Å²) in [5.41, 5.74) is 0.446. The van der Waals surface area contributed by atoms with E-state index in [1.807, 2.05) is 6.26 Å². The van der Waals surface area contributed by atoms with E-state index in [0.29, 0.717) is 21.0 Å². The topological polar surface area (TPSA) is 83.5 Å². The number of benzene rings is 1. The molecular formula is C11H10Br2N4O2S. The lowest BCUT2D eigenvalue weighted by atomic mass is 10.2. The average molecular weight is 422 g/mol. The Morgan fingerprint density at radius 1 is 1.30 bits per heavy atom. The van der Waals surface area contributed by atoms with Crippen molar-refractivity contribution in [3.8, 4) is 11.5 Å². The maximum Gasteiger partial charge on any atom is 0.211 e.